The van der Waals surface area contributed by atoms with E-state index >= 15 is 0 Å². The topological polar surface area (TPSA) is 122 Å². The van der Waals surface area contributed by atoms with Gasteiger partial charge in [0.2, 0.25) is 11.7 Å². The summed E-state index contributed by atoms with van der Waals surface area (Å²) in [4.78, 5) is 31.3. The van der Waals surface area contributed by atoms with Crippen molar-refractivity contribution in [2.24, 2.45) is 0 Å². The number of para-hydroxylation sites is 1. The number of anilines is 1. The number of aromatic hydroxyl groups is 1. The Labute approximate surface area is 223 Å². The summed E-state index contributed by atoms with van der Waals surface area (Å²) in [6.07, 6.45) is 1.76. The van der Waals surface area contributed by atoms with Crippen LogP contribution in [-0.2, 0) is 20.9 Å². The normalized spacial score (nSPS) is 15.8. The Balaban J connectivity index is 1.49. The number of nitrogens with zero attached hydrogens (tertiary/aromatic N) is 5. The van der Waals surface area contributed by atoms with E-state index in [2.05, 4.69) is 20.7 Å². The molecule has 0 bridgehead atoms. The van der Waals surface area contributed by atoms with E-state index in [1.807, 2.05) is 42.6 Å². The van der Waals surface area contributed by atoms with E-state index in [-0.39, 0.29) is 30.2 Å². The van der Waals surface area contributed by atoms with Gasteiger partial charge in [0.05, 0.1) is 11.0 Å². The molecular weight excluding hydrogens is 504 g/mol. The van der Waals surface area contributed by atoms with Crippen LogP contribution in [0.3, 0.4) is 0 Å². The molecule has 0 spiro atoms. The molecule has 196 valence electrons. The van der Waals surface area contributed by atoms with Gasteiger partial charge >= 0.3 is 0 Å². The smallest absolute Gasteiger partial charge is 0.251 e. The van der Waals surface area contributed by atoms with Crippen molar-refractivity contribution in [3.8, 4) is 16.5 Å². The second kappa shape index (κ2) is 11.5. The number of thiophene rings is 1. The van der Waals surface area contributed by atoms with Crippen LogP contribution in [0.5, 0.6) is 5.75 Å². The lowest BCUT2D eigenvalue weighted by Crippen LogP contribution is -2.47. The number of tetrazole rings is 1. The van der Waals surface area contributed by atoms with Crippen LogP contribution in [0.2, 0.25) is 0 Å². The summed E-state index contributed by atoms with van der Waals surface area (Å²) in [5, 5.41) is 27.3. The minimum atomic E-state index is -1.01. The standard InChI is InChI=1S/C27H28N6O4S/c1-18-6-2-3-8-22(18)33(24(35)17-32-30-26(29-31-32)23-9-5-15-38-23)25(19-10-12-20(34)13-11-19)27(36)28-16-21-7-4-14-37-21/h2-3,5-6,8-13,15,21,25,34H,4,7,14,16-17H2,1H3,(H,28,36). The van der Waals surface area contributed by atoms with Crippen LogP contribution < -0.4 is 10.2 Å². The molecule has 10 nitrogen and oxygen atoms in total. The first kappa shape index (κ1) is 25.6. The number of hydrogen-bond donors (Lipinski definition) is 2. The first-order valence-electron chi connectivity index (χ1n) is 12.4. The van der Waals surface area contributed by atoms with Crippen molar-refractivity contribution in [3.05, 3.63) is 77.2 Å². The number of phenolic OH excluding ortho intramolecular Hbond substituents is 1. The van der Waals surface area contributed by atoms with Crippen molar-refractivity contribution >= 4 is 28.8 Å². The van der Waals surface area contributed by atoms with Gasteiger partial charge in [-0.1, -0.05) is 36.4 Å². The molecular formula is C27H28N6O4S. The number of carbonyl (C=O) groups excluding carboxylic acids is 2. The number of hydrogen-bond acceptors (Lipinski definition) is 8. The molecule has 2 unspecified atom stereocenters. The molecule has 4 aromatic rings. The van der Waals surface area contributed by atoms with Gasteiger partial charge in [-0.15, -0.1) is 21.5 Å². The highest BCUT2D eigenvalue weighted by Gasteiger charge is 2.34. The van der Waals surface area contributed by atoms with Crippen LogP contribution in [0.1, 0.15) is 30.0 Å². The number of amides is 2. The average molecular weight is 533 g/mol. The van der Waals surface area contributed by atoms with Crippen molar-refractivity contribution in [2.75, 3.05) is 18.1 Å². The van der Waals surface area contributed by atoms with E-state index in [1.54, 1.807) is 18.2 Å². The second-order valence-electron chi connectivity index (χ2n) is 9.05. The van der Waals surface area contributed by atoms with Crippen LogP contribution in [-0.4, -0.2) is 56.4 Å². The van der Waals surface area contributed by atoms with Crippen LogP contribution in [0, 0.1) is 6.92 Å². The molecule has 2 N–H and O–H groups in total. The third-order valence-corrected chi connectivity index (χ3v) is 7.22. The molecule has 1 aliphatic rings. The van der Waals surface area contributed by atoms with Crippen LogP contribution in [0.15, 0.2) is 66.0 Å². The predicted molar refractivity (Wildman–Crippen MR) is 143 cm³/mol. The maximum absolute atomic E-state index is 14.0. The lowest BCUT2D eigenvalue weighted by Gasteiger charge is -2.32. The number of benzene rings is 2. The summed E-state index contributed by atoms with van der Waals surface area (Å²) in [5.74, 6) is -0.248. The molecule has 0 saturated carbocycles. The SMILES string of the molecule is Cc1ccccc1N(C(=O)Cn1nnc(-c2cccs2)n1)C(C(=O)NCC1CCCO1)c1ccc(O)cc1. The number of carbonyl (C=O) groups is 2. The van der Waals surface area contributed by atoms with Gasteiger partial charge in [0.15, 0.2) is 0 Å². The zero-order valence-electron chi connectivity index (χ0n) is 20.9. The van der Waals surface area contributed by atoms with Crippen molar-refractivity contribution in [3.63, 3.8) is 0 Å². The Morgan fingerprint density at radius 3 is 2.71 bits per heavy atom. The predicted octanol–water partition coefficient (Wildman–Crippen LogP) is 3.49. The number of nitrogens with one attached hydrogen (secondary N) is 1. The van der Waals surface area contributed by atoms with Gasteiger partial charge in [-0.3, -0.25) is 14.5 Å². The summed E-state index contributed by atoms with van der Waals surface area (Å²) in [5.41, 5.74) is 1.96. The number of aryl methyl sites for hydroxylation is 1. The highest BCUT2D eigenvalue weighted by Crippen LogP contribution is 2.32. The highest BCUT2D eigenvalue weighted by atomic mass is 32.1. The third kappa shape index (κ3) is 5.74. The molecule has 11 heteroatoms. The molecule has 2 atom stereocenters. The Morgan fingerprint density at radius 1 is 1.18 bits per heavy atom. The minimum absolute atomic E-state index is 0.0583. The molecule has 1 saturated heterocycles. The lowest BCUT2D eigenvalue weighted by atomic mass is 10.0. The molecule has 1 aliphatic heterocycles. The van der Waals surface area contributed by atoms with E-state index in [9.17, 15) is 14.7 Å². The Morgan fingerprint density at radius 2 is 2.00 bits per heavy atom. The quantitative estimate of drug-likeness (QED) is 0.338. The molecule has 2 amide bonds. The molecule has 1 fully saturated rings. The first-order chi connectivity index (χ1) is 18.5. The van der Waals surface area contributed by atoms with Crippen molar-refractivity contribution in [1.82, 2.24) is 25.5 Å². The monoisotopic (exact) mass is 532 g/mol. The molecule has 2 aromatic carbocycles. The maximum Gasteiger partial charge on any atom is 0.251 e. The Hall–Kier alpha value is -4.09. The fourth-order valence-electron chi connectivity index (χ4n) is 4.45. The third-order valence-electron chi connectivity index (χ3n) is 6.36. The van der Waals surface area contributed by atoms with Gasteiger partial charge < -0.3 is 15.2 Å². The highest BCUT2D eigenvalue weighted by molar-refractivity contribution is 7.13. The lowest BCUT2D eigenvalue weighted by molar-refractivity contribution is -0.127. The zero-order chi connectivity index (χ0) is 26.5. The van der Waals surface area contributed by atoms with Crippen LogP contribution >= 0.6 is 11.3 Å². The maximum atomic E-state index is 14.0. The number of rotatable bonds is 9. The summed E-state index contributed by atoms with van der Waals surface area (Å²) >= 11 is 1.48. The zero-order valence-corrected chi connectivity index (χ0v) is 21.7. The largest absolute Gasteiger partial charge is 0.508 e. The van der Waals surface area contributed by atoms with Gasteiger partial charge in [-0.25, -0.2) is 0 Å². The van der Waals surface area contributed by atoms with Gasteiger partial charge in [0.1, 0.15) is 18.3 Å². The van der Waals surface area contributed by atoms with Crippen molar-refractivity contribution in [2.45, 2.75) is 38.5 Å². The summed E-state index contributed by atoms with van der Waals surface area (Å²) < 4.78 is 5.67. The molecule has 3 heterocycles. The summed E-state index contributed by atoms with van der Waals surface area (Å²) in [6.45, 7) is 2.68. The average Bonchev–Trinajstić information content (AvgIpc) is 3.70. The van der Waals surface area contributed by atoms with E-state index in [1.165, 1.54) is 33.2 Å². The second-order valence-corrected chi connectivity index (χ2v) is 9.99. The Kier molecular flexibility index (Phi) is 7.75. The molecule has 5 rings (SSSR count). The molecule has 0 aliphatic carbocycles. The van der Waals surface area contributed by atoms with E-state index in [0.29, 0.717) is 30.2 Å². The van der Waals surface area contributed by atoms with Crippen molar-refractivity contribution in [1.29, 1.82) is 0 Å². The Bertz CT molecular complexity index is 1380. The molecule has 38 heavy (non-hydrogen) atoms. The fraction of sp³-hybridized carbons (Fsp3) is 0.296. The summed E-state index contributed by atoms with van der Waals surface area (Å²) in [6, 6.07) is 16.5. The van der Waals surface area contributed by atoms with E-state index in [4.69, 9.17) is 4.74 Å². The molecule has 2 aromatic heterocycles. The fourth-order valence-corrected chi connectivity index (χ4v) is 5.10. The number of phenols is 1. The van der Waals surface area contributed by atoms with E-state index in [0.717, 1.165) is 23.3 Å². The molecule has 0 radical (unpaired) electrons. The van der Waals surface area contributed by atoms with E-state index < -0.39 is 6.04 Å². The summed E-state index contributed by atoms with van der Waals surface area (Å²) in [7, 11) is 0. The van der Waals surface area contributed by atoms with Gasteiger partial charge in [0, 0.05) is 18.8 Å². The van der Waals surface area contributed by atoms with Gasteiger partial charge in [-0.05, 0) is 65.8 Å². The number of ether oxygens (including phenoxy) is 1. The van der Waals surface area contributed by atoms with Crippen molar-refractivity contribution < 1.29 is 19.4 Å². The van der Waals surface area contributed by atoms with Gasteiger partial charge in [0.25, 0.3) is 5.91 Å². The minimum Gasteiger partial charge on any atom is -0.508 e. The first-order valence-corrected chi connectivity index (χ1v) is 13.2. The van der Waals surface area contributed by atoms with Crippen LogP contribution in [0.25, 0.3) is 10.7 Å². The van der Waals surface area contributed by atoms with Crippen LogP contribution in [0.4, 0.5) is 5.69 Å². The van der Waals surface area contributed by atoms with Gasteiger partial charge in [-0.2, -0.15) is 4.80 Å². The number of aromatic nitrogens is 4.